The molecule has 0 unspecified atom stereocenters. The fourth-order valence-corrected chi connectivity index (χ4v) is 2.43. The van der Waals surface area contributed by atoms with Gasteiger partial charge in [-0.1, -0.05) is 0 Å². The Bertz CT molecular complexity index is 734. The van der Waals surface area contributed by atoms with Crippen molar-refractivity contribution in [1.29, 1.82) is 0 Å². The summed E-state index contributed by atoms with van der Waals surface area (Å²) in [6.45, 7) is 3.86. The van der Waals surface area contributed by atoms with Crippen molar-refractivity contribution in [3.8, 4) is 0 Å². The number of rotatable bonds is 5. The second-order valence-electron chi connectivity index (χ2n) is 5.17. The van der Waals surface area contributed by atoms with Gasteiger partial charge in [0.25, 0.3) is 0 Å². The highest BCUT2D eigenvalue weighted by Crippen LogP contribution is 2.25. The first-order chi connectivity index (χ1) is 10.2. The van der Waals surface area contributed by atoms with Crippen LogP contribution in [0.3, 0.4) is 0 Å². The van der Waals surface area contributed by atoms with Gasteiger partial charge in [0.2, 0.25) is 0 Å². The van der Waals surface area contributed by atoms with Gasteiger partial charge in [-0.3, -0.25) is 4.98 Å². The van der Waals surface area contributed by atoms with Gasteiger partial charge >= 0.3 is 0 Å². The average molecular weight is 281 g/mol. The van der Waals surface area contributed by atoms with E-state index >= 15 is 0 Å². The van der Waals surface area contributed by atoms with Crippen LogP contribution in [0.1, 0.15) is 12.1 Å². The van der Waals surface area contributed by atoms with Gasteiger partial charge in [0.1, 0.15) is 0 Å². The SMILES string of the molecule is Cc1cc(NCCCn2ccnc2)c2cc(N)ccc2n1. The third-order valence-corrected chi connectivity index (χ3v) is 3.43. The molecule has 5 nitrogen and oxygen atoms in total. The van der Waals surface area contributed by atoms with E-state index in [1.807, 2.05) is 37.6 Å². The molecular weight excluding hydrogens is 262 g/mol. The average Bonchev–Trinajstić information content (AvgIpc) is 2.97. The summed E-state index contributed by atoms with van der Waals surface area (Å²) < 4.78 is 2.08. The number of benzene rings is 1. The molecule has 0 fully saturated rings. The summed E-state index contributed by atoms with van der Waals surface area (Å²) in [4.78, 5) is 8.58. The van der Waals surface area contributed by atoms with Crippen molar-refractivity contribution >= 4 is 22.3 Å². The van der Waals surface area contributed by atoms with E-state index in [0.29, 0.717) is 0 Å². The number of hydrogen-bond acceptors (Lipinski definition) is 4. The molecule has 5 heteroatoms. The van der Waals surface area contributed by atoms with Crippen molar-refractivity contribution in [2.24, 2.45) is 0 Å². The summed E-state index contributed by atoms with van der Waals surface area (Å²) in [6.07, 6.45) is 6.65. The lowest BCUT2D eigenvalue weighted by molar-refractivity contribution is 0.661. The molecule has 0 aliphatic carbocycles. The summed E-state index contributed by atoms with van der Waals surface area (Å²) in [7, 11) is 0. The number of aromatic nitrogens is 3. The fraction of sp³-hybridized carbons (Fsp3) is 0.250. The van der Waals surface area contributed by atoms with Gasteiger partial charge in [-0.05, 0) is 37.6 Å². The van der Waals surface area contributed by atoms with Gasteiger partial charge in [-0.25, -0.2) is 4.98 Å². The second-order valence-corrected chi connectivity index (χ2v) is 5.17. The molecule has 0 saturated carbocycles. The van der Waals surface area contributed by atoms with Crippen LogP contribution in [0.2, 0.25) is 0 Å². The Hall–Kier alpha value is -2.56. The monoisotopic (exact) mass is 281 g/mol. The zero-order valence-electron chi connectivity index (χ0n) is 12.1. The highest BCUT2D eigenvalue weighted by molar-refractivity contribution is 5.93. The Morgan fingerprint density at radius 3 is 3.00 bits per heavy atom. The number of hydrogen-bond donors (Lipinski definition) is 2. The molecule has 0 atom stereocenters. The molecule has 0 radical (unpaired) electrons. The molecule has 0 aliphatic heterocycles. The zero-order valence-corrected chi connectivity index (χ0v) is 12.1. The number of fused-ring (bicyclic) bond motifs is 1. The van der Waals surface area contributed by atoms with Gasteiger partial charge in [0.15, 0.2) is 0 Å². The number of imidazole rings is 1. The lowest BCUT2D eigenvalue weighted by Crippen LogP contribution is -2.06. The second kappa shape index (κ2) is 5.83. The summed E-state index contributed by atoms with van der Waals surface area (Å²) in [5.41, 5.74) is 9.71. The molecule has 2 aromatic heterocycles. The Balaban J connectivity index is 1.72. The van der Waals surface area contributed by atoms with Gasteiger partial charge in [-0.2, -0.15) is 0 Å². The smallest absolute Gasteiger partial charge is 0.0945 e. The molecule has 3 aromatic rings. The lowest BCUT2D eigenvalue weighted by Gasteiger charge is -2.11. The van der Waals surface area contributed by atoms with Crippen LogP contribution in [0.15, 0.2) is 43.0 Å². The molecule has 3 N–H and O–H groups in total. The van der Waals surface area contributed by atoms with E-state index in [1.165, 1.54) is 0 Å². The first-order valence-corrected chi connectivity index (χ1v) is 7.09. The number of pyridine rings is 1. The minimum atomic E-state index is 0.759. The van der Waals surface area contributed by atoms with Gasteiger partial charge in [0.05, 0.1) is 11.8 Å². The van der Waals surface area contributed by atoms with Crippen LogP contribution in [0.5, 0.6) is 0 Å². The van der Waals surface area contributed by atoms with Crippen molar-refractivity contribution in [3.05, 3.63) is 48.7 Å². The number of nitrogens with zero attached hydrogens (tertiary/aromatic N) is 3. The maximum Gasteiger partial charge on any atom is 0.0945 e. The number of nitrogen functional groups attached to an aromatic ring is 1. The van der Waals surface area contributed by atoms with Crippen LogP contribution < -0.4 is 11.1 Å². The molecule has 3 rings (SSSR count). The maximum atomic E-state index is 5.88. The Kier molecular flexibility index (Phi) is 3.73. The van der Waals surface area contributed by atoms with Crippen molar-refractivity contribution in [2.75, 3.05) is 17.6 Å². The van der Waals surface area contributed by atoms with Crippen LogP contribution in [0.4, 0.5) is 11.4 Å². The van der Waals surface area contributed by atoms with Crippen molar-refractivity contribution < 1.29 is 0 Å². The number of nitrogens with one attached hydrogen (secondary N) is 1. The molecule has 0 bridgehead atoms. The first kappa shape index (κ1) is 13.4. The third kappa shape index (κ3) is 3.13. The van der Waals surface area contributed by atoms with E-state index in [-0.39, 0.29) is 0 Å². The summed E-state index contributed by atoms with van der Waals surface area (Å²) in [5.74, 6) is 0. The zero-order chi connectivity index (χ0) is 14.7. The molecule has 0 spiro atoms. The van der Waals surface area contributed by atoms with Crippen molar-refractivity contribution in [3.63, 3.8) is 0 Å². The Morgan fingerprint density at radius 2 is 2.19 bits per heavy atom. The van der Waals surface area contributed by atoms with Crippen molar-refractivity contribution in [1.82, 2.24) is 14.5 Å². The van der Waals surface area contributed by atoms with Crippen LogP contribution in [0, 0.1) is 6.92 Å². The van der Waals surface area contributed by atoms with E-state index in [0.717, 1.165) is 47.5 Å². The van der Waals surface area contributed by atoms with E-state index < -0.39 is 0 Å². The Morgan fingerprint density at radius 1 is 1.29 bits per heavy atom. The van der Waals surface area contributed by atoms with Gasteiger partial charge < -0.3 is 15.6 Å². The van der Waals surface area contributed by atoms with E-state index in [2.05, 4.69) is 25.9 Å². The van der Waals surface area contributed by atoms with Crippen LogP contribution >= 0.6 is 0 Å². The van der Waals surface area contributed by atoms with Crippen LogP contribution in [-0.4, -0.2) is 21.1 Å². The molecule has 21 heavy (non-hydrogen) atoms. The molecule has 0 amide bonds. The minimum absolute atomic E-state index is 0.759. The van der Waals surface area contributed by atoms with Gasteiger partial charge in [0, 0.05) is 47.9 Å². The highest BCUT2D eigenvalue weighted by atomic mass is 15.0. The van der Waals surface area contributed by atoms with Crippen LogP contribution in [-0.2, 0) is 6.54 Å². The van der Waals surface area contributed by atoms with E-state index in [1.54, 1.807) is 6.20 Å². The summed E-state index contributed by atoms with van der Waals surface area (Å²) >= 11 is 0. The molecular formula is C16H19N5. The highest BCUT2D eigenvalue weighted by Gasteiger charge is 2.04. The quantitative estimate of drug-likeness (QED) is 0.557. The molecule has 1 aromatic carbocycles. The number of aryl methyl sites for hydroxylation is 2. The summed E-state index contributed by atoms with van der Waals surface area (Å²) in [6, 6.07) is 7.89. The third-order valence-electron chi connectivity index (χ3n) is 3.43. The topological polar surface area (TPSA) is 68.8 Å². The van der Waals surface area contributed by atoms with Gasteiger partial charge in [-0.15, -0.1) is 0 Å². The number of nitrogens with two attached hydrogens (primary N) is 1. The molecule has 108 valence electrons. The molecule has 2 heterocycles. The first-order valence-electron chi connectivity index (χ1n) is 7.09. The Labute approximate surface area is 123 Å². The van der Waals surface area contributed by atoms with E-state index in [4.69, 9.17) is 5.73 Å². The van der Waals surface area contributed by atoms with Crippen LogP contribution in [0.25, 0.3) is 10.9 Å². The normalized spacial score (nSPS) is 10.9. The van der Waals surface area contributed by atoms with E-state index in [9.17, 15) is 0 Å². The summed E-state index contributed by atoms with van der Waals surface area (Å²) in [5, 5.41) is 4.56. The maximum absolute atomic E-state index is 5.88. The van der Waals surface area contributed by atoms with Crippen molar-refractivity contribution in [2.45, 2.75) is 19.9 Å². The minimum Gasteiger partial charge on any atom is -0.399 e. The number of anilines is 2. The lowest BCUT2D eigenvalue weighted by atomic mass is 10.1. The standard InChI is InChI=1S/C16H19N5/c1-12-9-16(14-10-13(17)3-4-15(14)20-12)19-5-2-7-21-8-6-18-11-21/h3-4,6,8-11H,2,5,7,17H2,1H3,(H,19,20). The predicted octanol–water partition coefficient (Wildman–Crippen LogP) is 2.82. The largest absolute Gasteiger partial charge is 0.399 e. The predicted molar refractivity (Wildman–Crippen MR) is 86.2 cm³/mol. The molecule has 0 aliphatic rings. The fourth-order valence-electron chi connectivity index (χ4n) is 2.43. The molecule has 0 saturated heterocycles.